The highest BCUT2D eigenvalue weighted by atomic mass is 16.5. The van der Waals surface area contributed by atoms with Crippen molar-refractivity contribution in [1.29, 1.82) is 0 Å². The van der Waals surface area contributed by atoms with E-state index in [1.807, 2.05) is 19.1 Å². The molecule has 0 saturated carbocycles. The average Bonchev–Trinajstić information content (AvgIpc) is 2.41. The van der Waals surface area contributed by atoms with E-state index in [2.05, 4.69) is 0 Å². The lowest BCUT2D eigenvalue weighted by molar-refractivity contribution is -0.163. The Bertz CT molecular complexity index is 457. The van der Waals surface area contributed by atoms with Gasteiger partial charge in [0.1, 0.15) is 11.4 Å². The summed E-state index contributed by atoms with van der Waals surface area (Å²) in [6.45, 7) is 3.94. The molecule has 1 aliphatic heterocycles. The summed E-state index contributed by atoms with van der Waals surface area (Å²) in [4.78, 5) is 11.7. The lowest BCUT2D eigenvalue weighted by Crippen LogP contribution is -2.48. The van der Waals surface area contributed by atoms with Crippen LogP contribution in [0.1, 0.15) is 19.4 Å². The maximum Gasteiger partial charge on any atom is 0.311 e. The van der Waals surface area contributed by atoms with Gasteiger partial charge in [0.15, 0.2) is 0 Å². The number of ether oxygens (including phenoxy) is 2. The fraction of sp³-hybridized carbons (Fsp3) is 0.500. The molecule has 3 unspecified atom stereocenters. The molecule has 2 rings (SSSR count). The fourth-order valence-corrected chi connectivity index (χ4v) is 2.55. The summed E-state index contributed by atoms with van der Waals surface area (Å²) in [7, 11) is 1.33. The topological polar surface area (TPSA) is 55.8 Å². The standard InChI is InChI=1S/C14H18O4/c1-9-8-18-12-7-5-4-6-11(12)14(9,16)10(2)13(15)17-3/h4-7,9-10,16H,8H2,1-3H3. The highest BCUT2D eigenvalue weighted by molar-refractivity contribution is 5.74. The lowest BCUT2D eigenvalue weighted by atomic mass is 9.72. The summed E-state index contributed by atoms with van der Waals surface area (Å²) in [5.74, 6) is -0.598. The maximum absolute atomic E-state index is 11.7. The molecule has 4 nitrogen and oxygen atoms in total. The number of carbonyl (C=O) groups is 1. The quantitative estimate of drug-likeness (QED) is 0.812. The van der Waals surface area contributed by atoms with Crippen molar-refractivity contribution in [1.82, 2.24) is 0 Å². The van der Waals surface area contributed by atoms with Crippen LogP contribution < -0.4 is 4.74 Å². The molecule has 1 aliphatic rings. The Morgan fingerprint density at radius 3 is 2.89 bits per heavy atom. The number of para-hydroxylation sites is 1. The van der Waals surface area contributed by atoms with Crippen LogP contribution in [0.15, 0.2) is 24.3 Å². The molecule has 4 heteroatoms. The van der Waals surface area contributed by atoms with E-state index < -0.39 is 17.5 Å². The van der Waals surface area contributed by atoms with Gasteiger partial charge in [-0.25, -0.2) is 0 Å². The van der Waals surface area contributed by atoms with Gasteiger partial charge in [0.05, 0.1) is 19.6 Å². The van der Waals surface area contributed by atoms with Crippen molar-refractivity contribution in [3.05, 3.63) is 29.8 Å². The van der Waals surface area contributed by atoms with Crippen LogP contribution in [0.2, 0.25) is 0 Å². The van der Waals surface area contributed by atoms with E-state index in [0.717, 1.165) is 0 Å². The van der Waals surface area contributed by atoms with Gasteiger partial charge in [0.2, 0.25) is 0 Å². The average molecular weight is 250 g/mol. The van der Waals surface area contributed by atoms with Crippen LogP contribution in [0.4, 0.5) is 0 Å². The van der Waals surface area contributed by atoms with Gasteiger partial charge in [-0.1, -0.05) is 25.1 Å². The number of methoxy groups -OCH3 is 1. The van der Waals surface area contributed by atoms with Gasteiger partial charge < -0.3 is 14.6 Å². The summed E-state index contributed by atoms with van der Waals surface area (Å²) in [5.41, 5.74) is -0.594. The van der Waals surface area contributed by atoms with Crippen molar-refractivity contribution < 1.29 is 19.4 Å². The predicted molar refractivity (Wildman–Crippen MR) is 66.2 cm³/mol. The molecule has 0 bridgehead atoms. The molecule has 1 heterocycles. The van der Waals surface area contributed by atoms with Crippen LogP contribution in [0.3, 0.4) is 0 Å². The zero-order valence-corrected chi connectivity index (χ0v) is 10.8. The van der Waals surface area contributed by atoms with Crippen molar-refractivity contribution >= 4 is 5.97 Å². The van der Waals surface area contributed by atoms with Crippen molar-refractivity contribution in [3.8, 4) is 5.75 Å². The number of esters is 1. The molecule has 0 aliphatic carbocycles. The number of carbonyl (C=O) groups excluding carboxylic acids is 1. The molecule has 0 aromatic heterocycles. The van der Waals surface area contributed by atoms with Gasteiger partial charge in [0, 0.05) is 11.5 Å². The number of aliphatic hydroxyl groups is 1. The van der Waals surface area contributed by atoms with Gasteiger partial charge in [0.25, 0.3) is 0 Å². The van der Waals surface area contributed by atoms with Gasteiger partial charge in [-0.05, 0) is 13.0 Å². The number of fused-ring (bicyclic) bond motifs is 1. The van der Waals surface area contributed by atoms with E-state index in [1.54, 1.807) is 19.1 Å². The van der Waals surface area contributed by atoms with E-state index in [4.69, 9.17) is 9.47 Å². The van der Waals surface area contributed by atoms with E-state index in [9.17, 15) is 9.90 Å². The zero-order chi connectivity index (χ0) is 13.3. The SMILES string of the molecule is COC(=O)C(C)C1(O)c2ccccc2OCC1C. The summed E-state index contributed by atoms with van der Waals surface area (Å²) in [5, 5.41) is 11.0. The minimum absolute atomic E-state index is 0.179. The molecule has 0 saturated heterocycles. The Morgan fingerprint density at radius 2 is 2.22 bits per heavy atom. The second kappa shape index (κ2) is 4.61. The van der Waals surface area contributed by atoms with E-state index in [0.29, 0.717) is 17.9 Å². The van der Waals surface area contributed by atoms with Crippen molar-refractivity contribution in [2.24, 2.45) is 11.8 Å². The van der Waals surface area contributed by atoms with E-state index in [-0.39, 0.29) is 5.92 Å². The largest absolute Gasteiger partial charge is 0.493 e. The molecule has 3 atom stereocenters. The van der Waals surface area contributed by atoms with Crippen molar-refractivity contribution in [2.75, 3.05) is 13.7 Å². The molecule has 0 radical (unpaired) electrons. The summed E-state index contributed by atoms with van der Waals surface area (Å²) < 4.78 is 10.3. The number of hydrogen-bond donors (Lipinski definition) is 1. The highest BCUT2D eigenvalue weighted by Crippen LogP contribution is 2.45. The zero-order valence-electron chi connectivity index (χ0n) is 10.8. The van der Waals surface area contributed by atoms with Crippen LogP contribution in [0.5, 0.6) is 5.75 Å². The maximum atomic E-state index is 11.7. The monoisotopic (exact) mass is 250 g/mol. The van der Waals surface area contributed by atoms with Gasteiger partial charge in [-0.15, -0.1) is 0 Å². The molecule has 0 amide bonds. The first-order chi connectivity index (χ1) is 8.51. The molecule has 18 heavy (non-hydrogen) atoms. The van der Waals surface area contributed by atoms with Crippen LogP contribution in [0.25, 0.3) is 0 Å². The molecule has 0 fully saturated rings. The molecule has 1 aromatic carbocycles. The Kier molecular flexibility index (Phi) is 3.30. The van der Waals surface area contributed by atoms with Crippen LogP contribution in [-0.2, 0) is 15.1 Å². The van der Waals surface area contributed by atoms with Crippen LogP contribution in [0, 0.1) is 11.8 Å². The third-order valence-electron chi connectivity index (χ3n) is 3.77. The molecular weight excluding hydrogens is 232 g/mol. The Labute approximate surface area is 107 Å². The summed E-state index contributed by atoms with van der Waals surface area (Å²) >= 11 is 0. The van der Waals surface area contributed by atoms with Gasteiger partial charge in [-0.3, -0.25) is 4.79 Å². The second-order valence-corrected chi connectivity index (χ2v) is 4.78. The minimum Gasteiger partial charge on any atom is -0.493 e. The molecule has 98 valence electrons. The van der Waals surface area contributed by atoms with Crippen LogP contribution >= 0.6 is 0 Å². The summed E-state index contributed by atoms with van der Waals surface area (Å²) in [6, 6.07) is 7.27. The fourth-order valence-electron chi connectivity index (χ4n) is 2.55. The van der Waals surface area contributed by atoms with E-state index in [1.165, 1.54) is 7.11 Å². The Hall–Kier alpha value is -1.55. The van der Waals surface area contributed by atoms with Crippen molar-refractivity contribution in [2.45, 2.75) is 19.4 Å². The Balaban J connectivity index is 2.50. The first kappa shape index (κ1) is 12.9. The number of rotatable bonds is 2. The summed E-state index contributed by atoms with van der Waals surface area (Å²) in [6.07, 6.45) is 0. The third kappa shape index (κ3) is 1.77. The smallest absolute Gasteiger partial charge is 0.311 e. The lowest BCUT2D eigenvalue weighted by Gasteiger charge is -2.42. The first-order valence-electron chi connectivity index (χ1n) is 6.04. The highest BCUT2D eigenvalue weighted by Gasteiger charge is 2.49. The second-order valence-electron chi connectivity index (χ2n) is 4.78. The van der Waals surface area contributed by atoms with Gasteiger partial charge >= 0.3 is 5.97 Å². The third-order valence-corrected chi connectivity index (χ3v) is 3.77. The van der Waals surface area contributed by atoms with Crippen molar-refractivity contribution in [3.63, 3.8) is 0 Å². The van der Waals surface area contributed by atoms with E-state index >= 15 is 0 Å². The normalized spacial score (nSPS) is 27.9. The Morgan fingerprint density at radius 1 is 1.56 bits per heavy atom. The van der Waals surface area contributed by atoms with Gasteiger partial charge in [-0.2, -0.15) is 0 Å². The molecule has 1 aromatic rings. The predicted octanol–water partition coefficient (Wildman–Crippen LogP) is 1.71. The first-order valence-corrected chi connectivity index (χ1v) is 6.04. The number of hydrogen-bond acceptors (Lipinski definition) is 4. The minimum atomic E-state index is -1.25. The number of benzene rings is 1. The molecule has 1 N–H and O–H groups in total. The molecular formula is C14H18O4. The molecule has 0 spiro atoms. The van der Waals surface area contributed by atoms with Crippen LogP contribution in [-0.4, -0.2) is 24.8 Å².